The van der Waals surface area contributed by atoms with Gasteiger partial charge in [0.15, 0.2) is 0 Å². The lowest BCUT2D eigenvalue weighted by molar-refractivity contribution is 0.759. The van der Waals surface area contributed by atoms with Gasteiger partial charge in [-0.05, 0) is 196 Å². The molecule has 0 fully saturated rings. The largest absolute Gasteiger partial charge is 0.310 e. The summed E-state index contributed by atoms with van der Waals surface area (Å²) in [6.45, 7) is 11.4. The van der Waals surface area contributed by atoms with Crippen molar-refractivity contribution >= 4 is 34.1 Å². The molecular weight excluding hydrogens is 893 g/mol. The van der Waals surface area contributed by atoms with Crippen molar-refractivity contribution in [2.75, 3.05) is 9.80 Å². The summed E-state index contributed by atoms with van der Waals surface area (Å²) in [7, 11) is 0. The van der Waals surface area contributed by atoms with E-state index >= 15 is 0 Å². The van der Waals surface area contributed by atoms with Crippen LogP contribution < -0.4 is 9.80 Å². The normalized spacial score (nSPS) is 12.2. The van der Waals surface area contributed by atoms with Gasteiger partial charge in [0.2, 0.25) is 0 Å². The Labute approximate surface area is 437 Å². The van der Waals surface area contributed by atoms with Gasteiger partial charge in [0.1, 0.15) is 0 Å². The fourth-order valence-corrected chi connectivity index (χ4v) is 11.7. The van der Waals surface area contributed by atoms with Crippen LogP contribution in [0.15, 0.2) is 261 Å². The fraction of sp³-hybridized carbons (Fsp3) is 0.0833. The van der Waals surface area contributed by atoms with Gasteiger partial charge >= 0.3 is 0 Å². The van der Waals surface area contributed by atoms with Crippen molar-refractivity contribution in [3.8, 4) is 44.5 Å². The number of benzene rings is 11. The van der Waals surface area contributed by atoms with Crippen LogP contribution in [-0.4, -0.2) is 0 Å². The van der Waals surface area contributed by atoms with E-state index in [2.05, 4.69) is 305 Å². The second-order valence-electron chi connectivity index (χ2n) is 19.9. The molecule has 0 heterocycles. The molecule has 11 aromatic carbocycles. The number of fused-ring (bicyclic) bond motifs is 3. The third-order valence-corrected chi connectivity index (χ3v) is 15.5. The summed E-state index contributed by atoms with van der Waals surface area (Å²) in [4.78, 5) is 4.85. The number of aryl methyl sites for hydroxylation is 4. The van der Waals surface area contributed by atoms with Gasteiger partial charge in [0.05, 0.1) is 5.41 Å². The van der Waals surface area contributed by atoms with E-state index < -0.39 is 5.41 Å². The van der Waals surface area contributed by atoms with E-state index in [0.29, 0.717) is 0 Å². The first-order chi connectivity index (χ1) is 36.3. The van der Waals surface area contributed by atoms with E-state index in [1.54, 1.807) is 0 Å². The minimum Gasteiger partial charge on any atom is -0.310 e. The van der Waals surface area contributed by atoms with Crippen molar-refractivity contribution in [1.29, 1.82) is 0 Å². The minimum atomic E-state index is -0.567. The molecule has 1 aliphatic rings. The standard InChI is InChI=1S/C72H58N2/c1-49-23-21-22-34-66(49)56-37-41-63(42-38-56)74(61-32-19-10-20-33-61)65-47-57(46-64(48-65)73(60-30-17-9-18-31-60)62-39-35-55(36-40-62)54-24-11-6-12-25-54)67-44-52(4)53(5)71-70(67)68-43-50(2)51(3)45-69(68)72(71,58-26-13-7-14-27-58)59-28-15-8-16-29-59/h6-48H,1-5H3. The second-order valence-corrected chi connectivity index (χ2v) is 19.9. The van der Waals surface area contributed by atoms with Crippen molar-refractivity contribution in [3.05, 3.63) is 311 Å². The molecule has 0 atom stereocenters. The first-order valence-corrected chi connectivity index (χ1v) is 25.8. The molecule has 0 bridgehead atoms. The van der Waals surface area contributed by atoms with Crippen molar-refractivity contribution in [3.63, 3.8) is 0 Å². The average Bonchev–Trinajstić information content (AvgIpc) is 3.77. The molecule has 0 saturated heterocycles. The Bertz CT molecular complexity index is 3750. The molecule has 0 spiro atoms. The molecule has 2 nitrogen and oxygen atoms in total. The molecule has 0 radical (unpaired) electrons. The maximum Gasteiger partial charge on any atom is 0.0716 e. The molecule has 0 aliphatic heterocycles. The summed E-state index contributed by atoms with van der Waals surface area (Å²) in [6.07, 6.45) is 0. The number of para-hydroxylation sites is 2. The highest BCUT2D eigenvalue weighted by atomic mass is 15.2. The maximum absolute atomic E-state index is 2.49. The SMILES string of the molecule is Cc1cc2c(cc1C)C(c1ccccc1)(c1ccccc1)c1c(C)c(C)cc(-c3cc(N(c4ccccc4)c4ccc(-c5ccccc5)cc4)cc(N(c4ccccc4)c4ccc(-c5ccccc5C)cc4)c3)c1-2. The quantitative estimate of drug-likeness (QED) is 0.127. The van der Waals surface area contributed by atoms with Crippen LogP contribution in [0, 0.1) is 34.6 Å². The van der Waals surface area contributed by atoms with E-state index in [0.717, 1.165) is 39.7 Å². The lowest BCUT2D eigenvalue weighted by atomic mass is 9.66. The highest BCUT2D eigenvalue weighted by molar-refractivity contribution is 5.99. The summed E-state index contributed by atoms with van der Waals surface area (Å²) >= 11 is 0. The van der Waals surface area contributed by atoms with Gasteiger partial charge in [0.25, 0.3) is 0 Å². The van der Waals surface area contributed by atoms with E-state index in [9.17, 15) is 0 Å². The molecule has 0 N–H and O–H groups in total. The fourth-order valence-electron chi connectivity index (χ4n) is 11.7. The Morgan fingerprint density at radius 2 is 0.689 bits per heavy atom. The first kappa shape index (κ1) is 46.1. The van der Waals surface area contributed by atoms with Crippen molar-refractivity contribution in [2.24, 2.45) is 0 Å². The summed E-state index contributed by atoms with van der Waals surface area (Å²) in [5.41, 5.74) is 27.1. The van der Waals surface area contributed by atoms with E-state index in [1.807, 2.05) is 0 Å². The second kappa shape index (κ2) is 19.2. The van der Waals surface area contributed by atoms with Gasteiger partial charge in [0, 0.05) is 34.1 Å². The first-order valence-electron chi connectivity index (χ1n) is 25.8. The van der Waals surface area contributed by atoms with Crippen LogP contribution in [0.3, 0.4) is 0 Å². The number of hydrogen-bond acceptors (Lipinski definition) is 2. The van der Waals surface area contributed by atoms with Crippen LogP contribution in [0.25, 0.3) is 44.5 Å². The summed E-state index contributed by atoms with van der Waals surface area (Å²) in [5.74, 6) is 0. The van der Waals surface area contributed by atoms with Gasteiger partial charge in [-0.2, -0.15) is 0 Å². The van der Waals surface area contributed by atoms with Crippen molar-refractivity contribution in [2.45, 2.75) is 40.0 Å². The van der Waals surface area contributed by atoms with Gasteiger partial charge in [-0.25, -0.2) is 0 Å². The molecule has 2 heteroatoms. The lowest BCUT2D eigenvalue weighted by Crippen LogP contribution is -2.29. The Hall–Kier alpha value is -8.98. The van der Waals surface area contributed by atoms with Crippen LogP contribution >= 0.6 is 0 Å². The molecule has 12 rings (SSSR count). The predicted molar refractivity (Wildman–Crippen MR) is 313 cm³/mol. The van der Waals surface area contributed by atoms with Crippen LogP contribution in [0.4, 0.5) is 34.1 Å². The lowest BCUT2D eigenvalue weighted by Gasteiger charge is -2.36. The third kappa shape index (κ3) is 8.00. The van der Waals surface area contributed by atoms with Crippen molar-refractivity contribution in [1.82, 2.24) is 0 Å². The monoisotopic (exact) mass is 950 g/mol. The van der Waals surface area contributed by atoms with Crippen LogP contribution in [-0.2, 0) is 5.41 Å². The van der Waals surface area contributed by atoms with Gasteiger partial charge in [-0.1, -0.05) is 194 Å². The van der Waals surface area contributed by atoms with Gasteiger partial charge in [-0.3, -0.25) is 0 Å². The smallest absolute Gasteiger partial charge is 0.0716 e. The molecule has 0 saturated carbocycles. The Morgan fingerprint density at radius 3 is 1.22 bits per heavy atom. The highest BCUT2D eigenvalue weighted by Crippen LogP contribution is 2.61. The number of nitrogens with zero attached hydrogens (tertiary/aromatic N) is 2. The number of anilines is 6. The highest BCUT2D eigenvalue weighted by Gasteiger charge is 2.48. The molecule has 1 aliphatic carbocycles. The number of hydrogen-bond donors (Lipinski definition) is 0. The molecule has 0 unspecified atom stereocenters. The topological polar surface area (TPSA) is 6.48 Å². The van der Waals surface area contributed by atoms with Crippen LogP contribution in [0.5, 0.6) is 0 Å². The summed E-state index contributed by atoms with van der Waals surface area (Å²) in [5, 5.41) is 0. The Balaban J connectivity index is 1.16. The summed E-state index contributed by atoms with van der Waals surface area (Å²) < 4.78 is 0. The molecular formula is C72H58N2. The number of rotatable bonds is 11. The third-order valence-electron chi connectivity index (χ3n) is 15.5. The zero-order valence-electron chi connectivity index (χ0n) is 42.7. The van der Waals surface area contributed by atoms with E-state index in [-0.39, 0.29) is 0 Å². The average molecular weight is 951 g/mol. The van der Waals surface area contributed by atoms with E-state index in [1.165, 1.54) is 89.0 Å². The zero-order valence-corrected chi connectivity index (χ0v) is 42.7. The van der Waals surface area contributed by atoms with Crippen LogP contribution in [0.1, 0.15) is 50.1 Å². The maximum atomic E-state index is 2.49. The molecule has 356 valence electrons. The molecule has 0 aromatic heterocycles. The van der Waals surface area contributed by atoms with Gasteiger partial charge in [-0.15, -0.1) is 0 Å². The Kier molecular flexibility index (Phi) is 12.0. The minimum absolute atomic E-state index is 0.567. The summed E-state index contributed by atoms with van der Waals surface area (Å²) in [6, 6.07) is 96.2. The van der Waals surface area contributed by atoms with Crippen LogP contribution in [0.2, 0.25) is 0 Å². The van der Waals surface area contributed by atoms with E-state index in [4.69, 9.17) is 0 Å². The molecule has 0 amide bonds. The molecule has 11 aromatic rings. The van der Waals surface area contributed by atoms with Gasteiger partial charge < -0.3 is 9.80 Å². The zero-order chi connectivity index (χ0) is 50.3. The predicted octanol–water partition coefficient (Wildman–Crippen LogP) is 19.5. The van der Waals surface area contributed by atoms with Crippen molar-refractivity contribution < 1.29 is 0 Å². The molecule has 74 heavy (non-hydrogen) atoms. The Morgan fingerprint density at radius 1 is 0.270 bits per heavy atom.